The van der Waals surface area contributed by atoms with Gasteiger partial charge in [0, 0.05) is 23.0 Å². The molecule has 2 aromatic carbocycles. The number of nitrogens with zero attached hydrogens (tertiary/aromatic N) is 5. The van der Waals surface area contributed by atoms with E-state index in [0.717, 1.165) is 36.2 Å². The molecule has 2 fully saturated rings. The number of piperidine rings is 1. The topological polar surface area (TPSA) is 63.9 Å². The van der Waals surface area contributed by atoms with E-state index in [9.17, 15) is 4.79 Å². The summed E-state index contributed by atoms with van der Waals surface area (Å²) in [6, 6.07) is 14.7. The van der Waals surface area contributed by atoms with Crippen LogP contribution in [0.1, 0.15) is 29.6 Å². The molecule has 6 nitrogen and oxygen atoms in total. The van der Waals surface area contributed by atoms with Gasteiger partial charge in [-0.3, -0.25) is 4.79 Å². The smallest absolute Gasteiger partial charge is 0.254 e. The fraction of sp³-hybridized carbons (Fsp3) is 0.333. The van der Waals surface area contributed by atoms with Crippen molar-refractivity contribution in [3.63, 3.8) is 0 Å². The molecule has 7 heteroatoms. The number of benzene rings is 2. The van der Waals surface area contributed by atoms with Crippen molar-refractivity contribution in [3.05, 3.63) is 54.4 Å². The molecule has 2 bridgehead atoms. The van der Waals surface area contributed by atoms with Crippen LogP contribution in [0.25, 0.3) is 16.8 Å². The molecule has 0 radical (unpaired) electrons. The summed E-state index contributed by atoms with van der Waals surface area (Å²) in [5.41, 5.74) is 3.56. The van der Waals surface area contributed by atoms with E-state index in [1.807, 2.05) is 18.2 Å². The number of tetrazole rings is 1. The van der Waals surface area contributed by atoms with E-state index in [0.29, 0.717) is 17.5 Å². The van der Waals surface area contributed by atoms with Gasteiger partial charge in [0.05, 0.1) is 5.69 Å². The zero-order chi connectivity index (χ0) is 19.1. The molecule has 142 valence electrons. The highest BCUT2D eigenvalue weighted by atomic mass is 32.2. The molecule has 2 atom stereocenters. The minimum Gasteiger partial charge on any atom is -0.335 e. The molecule has 1 saturated heterocycles. The fourth-order valence-corrected chi connectivity index (χ4v) is 4.84. The van der Waals surface area contributed by atoms with Gasteiger partial charge >= 0.3 is 0 Å². The van der Waals surface area contributed by atoms with Gasteiger partial charge in [0.15, 0.2) is 0 Å². The Balaban J connectivity index is 1.56. The quantitative estimate of drug-likeness (QED) is 0.635. The van der Waals surface area contributed by atoms with Gasteiger partial charge < -0.3 is 4.90 Å². The lowest BCUT2D eigenvalue weighted by Crippen LogP contribution is -2.37. The molecule has 1 aromatic heterocycles. The van der Waals surface area contributed by atoms with Crippen LogP contribution in [0.4, 0.5) is 0 Å². The van der Waals surface area contributed by atoms with Gasteiger partial charge in [0.2, 0.25) is 0 Å². The number of rotatable bonds is 4. The first-order chi connectivity index (χ1) is 13.7. The van der Waals surface area contributed by atoms with Gasteiger partial charge in [-0.2, -0.15) is 0 Å². The van der Waals surface area contributed by atoms with Gasteiger partial charge in [-0.1, -0.05) is 12.1 Å². The number of thioether (sulfide) groups is 1. The summed E-state index contributed by atoms with van der Waals surface area (Å²) in [4.78, 5) is 16.6. The molecule has 2 unspecified atom stereocenters. The van der Waals surface area contributed by atoms with Crippen molar-refractivity contribution < 1.29 is 4.79 Å². The zero-order valence-corrected chi connectivity index (χ0v) is 16.5. The van der Waals surface area contributed by atoms with E-state index in [2.05, 4.69) is 50.9 Å². The van der Waals surface area contributed by atoms with E-state index < -0.39 is 0 Å². The van der Waals surface area contributed by atoms with Crippen LogP contribution in [0.5, 0.6) is 0 Å². The number of likely N-dealkylation sites (tertiary alicyclic amines) is 1. The minimum absolute atomic E-state index is 0.115. The molecule has 1 saturated carbocycles. The summed E-state index contributed by atoms with van der Waals surface area (Å²) in [6.07, 6.45) is 7.16. The number of carbonyl (C=O) groups excluding carboxylic acids is 1. The lowest BCUT2D eigenvalue weighted by molar-refractivity contribution is 0.0703. The average molecular weight is 392 g/mol. The first-order valence-electron chi connectivity index (χ1n) is 9.55. The normalized spacial score (nSPS) is 20.7. The van der Waals surface area contributed by atoms with Crippen LogP contribution in [0.15, 0.2) is 53.7 Å². The predicted octanol–water partition coefficient (Wildman–Crippen LogP) is 3.68. The average Bonchev–Trinajstić information content (AvgIpc) is 3.51. The van der Waals surface area contributed by atoms with Gasteiger partial charge in [0.1, 0.15) is 6.33 Å². The van der Waals surface area contributed by atoms with E-state index in [1.54, 1.807) is 22.8 Å². The molecule has 5 rings (SSSR count). The first-order valence-corrected chi connectivity index (χ1v) is 10.8. The van der Waals surface area contributed by atoms with E-state index in [1.165, 1.54) is 11.3 Å². The Morgan fingerprint density at radius 3 is 2.61 bits per heavy atom. The Hall–Kier alpha value is -2.67. The third kappa shape index (κ3) is 3.09. The highest BCUT2D eigenvalue weighted by Crippen LogP contribution is 2.38. The Morgan fingerprint density at radius 1 is 1.11 bits per heavy atom. The summed E-state index contributed by atoms with van der Waals surface area (Å²) in [5.74, 6) is 0.791. The second-order valence-corrected chi connectivity index (χ2v) is 8.42. The summed E-state index contributed by atoms with van der Waals surface area (Å²) >= 11 is 1.71. The number of carbonyl (C=O) groups is 1. The van der Waals surface area contributed by atoms with Crippen LogP contribution in [-0.2, 0) is 0 Å². The molecule has 1 amide bonds. The highest BCUT2D eigenvalue weighted by molar-refractivity contribution is 7.98. The van der Waals surface area contributed by atoms with Gasteiger partial charge in [-0.25, -0.2) is 4.68 Å². The third-order valence-corrected chi connectivity index (χ3v) is 6.62. The Morgan fingerprint density at radius 2 is 1.96 bits per heavy atom. The molecular formula is C21H21N5OS. The van der Waals surface area contributed by atoms with Crippen LogP contribution in [0.3, 0.4) is 0 Å². The summed E-state index contributed by atoms with van der Waals surface area (Å²) in [6.45, 7) is 0.885. The van der Waals surface area contributed by atoms with Gasteiger partial charge in [-0.05, 0) is 83.3 Å². The fourth-order valence-electron chi connectivity index (χ4n) is 4.44. The Kier molecular flexibility index (Phi) is 4.39. The molecule has 0 N–H and O–H groups in total. The Labute approximate surface area is 167 Å². The Bertz CT molecular complexity index is 1000. The molecule has 3 aromatic rings. The SMILES string of the molecule is CSc1ccc(-c2cc(C(=O)N3CC4CCC3C4)cc(-n3cnnn3)c2)cc1. The largest absolute Gasteiger partial charge is 0.335 e. The van der Waals surface area contributed by atoms with E-state index in [-0.39, 0.29) is 5.91 Å². The minimum atomic E-state index is 0.115. The van der Waals surface area contributed by atoms with Gasteiger partial charge in [0.25, 0.3) is 5.91 Å². The molecule has 1 aliphatic heterocycles. The maximum Gasteiger partial charge on any atom is 0.254 e. The maximum atomic E-state index is 13.3. The summed E-state index contributed by atoms with van der Waals surface area (Å²) < 4.78 is 1.60. The van der Waals surface area contributed by atoms with Crippen molar-refractivity contribution >= 4 is 17.7 Å². The predicted molar refractivity (Wildman–Crippen MR) is 109 cm³/mol. The first kappa shape index (κ1) is 17.4. The second-order valence-electron chi connectivity index (χ2n) is 7.54. The number of amides is 1. The monoisotopic (exact) mass is 391 g/mol. The van der Waals surface area contributed by atoms with E-state index in [4.69, 9.17) is 0 Å². The van der Waals surface area contributed by atoms with Crippen molar-refractivity contribution in [2.24, 2.45) is 5.92 Å². The van der Waals surface area contributed by atoms with Crippen LogP contribution in [-0.4, -0.2) is 49.9 Å². The molecule has 0 spiro atoms. The number of hydrogen-bond donors (Lipinski definition) is 0. The number of aromatic nitrogens is 4. The van der Waals surface area contributed by atoms with Crippen molar-refractivity contribution in [1.29, 1.82) is 0 Å². The molecule has 1 aliphatic carbocycles. The molecular weight excluding hydrogens is 370 g/mol. The van der Waals surface area contributed by atoms with E-state index >= 15 is 0 Å². The number of hydrogen-bond acceptors (Lipinski definition) is 5. The van der Waals surface area contributed by atoms with Crippen LogP contribution < -0.4 is 0 Å². The van der Waals surface area contributed by atoms with Crippen LogP contribution in [0, 0.1) is 5.92 Å². The molecule has 28 heavy (non-hydrogen) atoms. The zero-order valence-electron chi connectivity index (χ0n) is 15.7. The third-order valence-electron chi connectivity index (χ3n) is 5.87. The maximum absolute atomic E-state index is 13.3. The molecule has 2 heterocycles. The van der Waals surface area contributed by atoms with Crippen molar-refractivity contribution in [1.82, 2.24) is 25.1 Å². The summed E-state index contributed by atoms with van der Waals surface area (Å²) in [5, 5.41) is 11.5. The lowest BCUT2D eigenvalue weighted by atomic mass is 10.0. The van der Waals surface area contributed by atoms with Gasteiger partial charge in [-0.15, -0.1) is 16.9 Å². The lowest BCUT2D eigenvalue weighted by Gasteiger charge is -2.27. The second kappa shape index (κ2) is 7.05. The van der Waals surface area contributed by atoms with Crippen molar-refractivity contribution in [2.75, 3.05) is 12.8 Å². The number of fused-ring (bicyclic) bond motifs is 2. The standard InChI is InChI=1S/C21H21N5OS/c1-28-20-6-3-15(4-7-20)16-9-17(11-19(10-16)26-13-22-23-24-26)21(27)25-12-14-2-5-18(25)8-14/h3-4,6-7,9-11,13-14,18H,2,5,8,12H2,1H3. The van der Waals surface area contributed by atoms with Crippen LogP contribution >= 0.6 is 11.8 Å². The highest BCUT2D eigenvalue weighted by Gasteiger charge is 2.40. The summed E-state index contributed by atoms with van der Waals surface area (Å²) in [7, 11) is 0. The van der Waals surface area contributed by atoms with Crippen molar-refractivity contribution in [2.45, 2.75) is 30.2 Å². The molecule has 2 aliphatic rings. The van der Waals surface area contributed by atoms with Crippen molar-refractivity contribution in [3.8, 4) is 16.8 Å². The van der Waals surface area contributed by atoms with Crippen LogP contribution in [0.2, 0.25) is 0 Å².